The van der Waals surface area contributed by atoms with E-state index >= 15 is 0 Å². The van der Waals surface area contributed by atoms with E-state index in [1.165, 1.54) is 23.1 Å². The Morgan fingerprint density at radius 3 is 1.62 bits per heavy atom. The molecule has 0 saturated heterocycles. The van der Waals surface area contributed by atoms with Crippen molar-refractivity contribution in [2.45, 2.75) is 19.3 Å². The van der Waals surface area contributed by atoms with Gasteiger partial charge in [-0.3, -0.25) is 9.97 Å². The molecule has 0 fully saturated rings. The van der Waals surface area contributed by atoms with Crippen LogP contribution < -0.4 is 0 Å². The predicted octanol–water partition coefficient (Wildman–Crippen LogP) is 4.65. The molecule has 4 nitrogen and oxygen atoms in total. The molecule has 132 valence electrons. The second-order valence-corrected chi connectivity index (χ2v) is 7.53. The molecule has 0 amide bonds. The SMILES string of the molecule is CC(C)(c1nsc(-c2[c-]cccc2)n1)c1nsc(-c2[c-]cccc2)n1.[Pt+2]. The molecule has 0 N–H and O–H groups in total. The van der Waals surface area contributed by atoms with Crippen LogP contribution in [0.1, 0.15) is 25.5 Å². The van der Waals surface area contributed by atoms with E-state index in [2.05, 4.69) is 20.9 Å². The quantitative estimate of drug-likeness (QED) is 0.343. The van der Waals surface area contributed by atoms with Crippen LogP contribution in [0.5, 0.6) is 0 Å². The van der Waals surface area contributed by atoms with Crippen LogP contribution >= 0.6 is 23.1 Å². The standard InChI is InChI=1S/C19H14N4S2.Pt/c1-19(2,17-20-15(24-22-17)13-9-5-3-6-10-13)18-21-16(25-23-18)14-11-7-4-8-12-14;/h3-9,11H,1-2H3;/q-2;+2. The average molecular weight is 558 g/mol. The molecule has 0 unspecified atom stereocenters. The van der Waals surface area contributed by atoms with E-state index in [4.69, 9.17) is 9.97 Å². The number of aromatic nitrogens is 4. The summed E-state index contributed by atoms with van der Waals surface area (Å²) in [5.74, 6) is 1.46. The molecule has 2 aromatic heterocycles. The Kier molecular flexibility index (Phi) is 5.76. The van der Waals surface area contributed by atoms with Crippen LogP contribution in [-0.4, -0.2) is 18.7 Å². The number of nitrogens with zero attached hydrogens (tertiary/aromatic N) is 4. The maximum Gasteiger partial charge on any atom is 2.00 e. The molecule has 0 radical (unpaired) electrons. The fourth-order valence-electron chi connectivity index (χ4n) is 2.33. The number of hydrogen-bond donors (Lipinski definition) is 0. The van der Waals surface area contributed by atoms with E-state index in [9.17, 15) is 0 Å². The Bertz CT molecular complexity index is 901. The van der Waals surface area contributed by atoms with E-state index < -0.39 is 5.41 Å². The maximum absolute atomic E-state index is 4.70. The smallest absolute Gasteiger partial charge is 0.269 e. The average Bonchev–Trinajstić information content (AvgIpc) is 3.34. The van der Waals surface area contributed by atoms with Gasteiger partial charge < -0.3 is 0 Å². The second-order valence-electron chi connectivity index (χ2n) is 6.02. The maximum atomic E-state index is 4.70. The van der Waals surface area contributed by atoms with Gasteiger partial charge in [0.05, 0.1) is 15.4 Å². The first-order valence-corrected chi connectivity index (χ1v) is 9.32. The Morgan fingerprint density at radius 1 is 0.769 bits per heavy atom. The number of rotatable bonds is 4. The number of benzene rings is 2. The molecule has 7 heteroatoms. The van der Waals surface area contributed by atoms with Gasteiger partial charge >= 0.3 is 21.1 Å². The summed E-state index contributed by atoms with van der Waals surface area (Å²) in [6.07, 6.45) is 0. The first kappa shape index (κ1) is 19.0. The van der Waals surface area contributed by atoms with Gasteiger partial charge in [0.15, 0.2) is 0 Å². The Labute approximate surface area is 175 Å². The van der Waals surface area contributed by atoms with E-state index in [0.29, 0.717) is 0 Å². The summed E-state index contributed by atoms with van der Waals surface area (Å²) in [5, 5.41) is 1.71. The van der Waals surface area contributed by atoms with E-state index in [1.54, 1.807) is 0 Å². The first-order chi connectivity index (χ1) is 12.1. The van der Waals surface area contributed by atoms with Crippen molar-refractivity contribution in [2.24, 2.45) is 0 Å². The Balaban J connectivity index is 0.00000196. The van der Waals surface area contributed by atoms with Gasteiger partial charge in [-0.2, -0.15) is 8.75 Å². The van der Waals surface area contributed by atoms with Gasteiger partial charge in [0.25, 0.3) is 0 Å². The van der Waals surface area contributed by atoms with Crippen molar-refractivity contribution in [2.75, 3.05) is 0 Å². The molecule has 0 aliphatic rings. The monoisotopic (exact) mass is 557 g/mol. The van der Waals surface area contributed by atoms with Crippen LogP contribution in [0.2, 0.25) is 0 Å². The molecule has 0 aliphatic carbocycles. The van der Waals surface area contributed by atoms with Gasteiger partial charge in [-0.15, -0.1) is 71.8 Å². The van der Waals surface area contributed by atoms with Crippen LogP contribution in [0.25, 0.3) is 21.1 Å². The minimum Gasteiger partial charge on any atom is -0.269 e. The molecule has 0 bridgehead atoms. The van der Waals surface area contributed by atoms with Crippen LogP contribution in [0.15, 0.2) is 48.5 Å². The molecule has 2 aromatic carbocycles. The second kappa shape index (κ2) is 7.87. The largest absolute Gasteiger partial charge is 2.00 e. The fraction of sp³-hybridized carbons (Fsp3) is 0.158. The molecular formula is C19H14N4PtS2. The molecular weight excluding hydrogens is 543 g/mol. The van der Waals surface area contributed by atoms with Crippen molar-refractivity contribution < 1.29 is 21.1 Å². The van der Waals surface area contributed by atoms with E-state index in [-0.39, 0.29) is 21.1 Å². The number of hydrogen-bond acceptors (Lipinski definition) is 6. The molecule has 0 saturated carbocycles. The third-order valence-corrected chi connectivity index (χ3v) is 5.35. The molecule has 0 spiro atoms. The van der Waals surface area contributed by atoms with Crippen molar-refractivity contribution in [1.82, 2.24) is 18.7 Å². The zero-order valence-electron chi connectivity index (χ0n) is 14.0. The molecule has 0 aliphatic heterocycles. The van der Waals surface area contributed by atoms with Crippen molar-refractivity contribution in [3.8, 4) is 21.1 Å². The Morgan fingerprint density at radius 2 is 1.23 bits per heavy atom. The van der Waals surface area contributed by atoms with Crippen LogP contribution in [0.4, 0.5) is 0 Å². The van der Waals surface area contributed by atoms with Crippen LogP contribution in [0.3, 0.4) is 0 Å². The minimum absolute atomic E-state index is 0. The summed E-state index contributed by atoms with van der Waals surface area (Å²) in [5.41, 5.74) is 1.44. The predicted molar refractivity (Wildman–Crippen MR) is 100 cm³/mol. The van der Waals surface area contributed by atoms with Gasteiger partial charge in [-0.1, -0.05) is 23.1 Å². The summed E-state index contributed by atoms with van der Waals surface area (Å²) >= 11 is 2.75. The summed E-state index contributed by atoms with van der Waals surface area (Å²) in [7, 11) is 0. The molecule has 0 atom stereocenters. The van der Waals surface area contributed by atoms with Gasteiger partial charge in [0.2, 0.25) is 0 Å². The van der Waals surface area contributed by atoms with Crippen LogP contribution in [0, 0.1) is 12.1 Å². The van der Waals surface area contributed by atoms with E-state index in [1.807, 2.05) is 62.4 Å². The summed E-state index contributed by atoms with van der Waals surface area (Å²) in [4.78, 5) is 9.41. The summed E-state index contributed by atoms with van der Waals surface area (Å²) < 4.78 is 9.10. The van der Waals surface area contributed by atoms with Gasteiger partial charge in [0, 0.05) is 0 Å². The fourth-order valence-corrected chi connectivity index (χ4v) is 3.92. The zero-order chi connectivity index (χ0) is 17.3. The normalized spacial score (nSPS) is 11.2. The van der Waals surface area contributed by atoms with Gasteiger partial charge in [-0.25, -0.2) is 0 Å². The van der Waals surface area contributed by atoms with Crippen molar-refractivity contribution in [1.29, 1.82) is 0 Å². The van der Waals surface area contributed by atoms with Crippen molar-refractivity contribution >= 4 is 23.1 Å². The summed E-state index contributed by atoms with van der Waals surface area (Å²) in [6.45, 7) is 4.10. The third kappa shape index (κ3) is 3.68. The summed E-state index contributed by atoms with van der Waals surface area (Å²) in [6, 6.07) is 21.9. The Hall–Kier alpha value is -1.75. The van der Waals surface area contributed by atoms with E-state index in [0.717, 1.165) is 32.8 Å². The van der Waals surface area contributed by atoms with Crippen LogP contribution in [-0.2, 0) is 26.5 Å². The zero-order valence-corrected chi connectivity index (χ0v) is 17.9. The molecule has 2 heterocycles. The minimum atomic E-state index is -0.465. The first-order valence-electron chi connectivity index (χ1n) is 7.77. The van der Waals surface area contributed by atoms with Gasteiger partial charge in [0.1, 0.15) is 11.6 Å². The van der Waals surface area contributed by atoms with Crippen molar-refractivity contribution in [3.05, 3.63) is 72.3 Å². The van der Waals surface area contributed by atoms with Crippen molar-refractivity contribution in [3.63, 3.8) is 0 Å². The molecule has 4 rings (SSSR count). The van der Waals surface area contributed by atoms with Gasteiger partial charge in [-0.05, 0) is 13.8 Å². The molecule has 4 aromatic rings. The molecule has 26 heavy (non-hydrogen) atoms. The topological polar surface area (TPSA) is 51.6 Å². The third-order valence-electron chi connectivity index (χ3n) is 3.85.